The molecule has 98 valence electrons. The van der Waals surface area contributed by atoms with E-state index in [2.05, 4.69) is 5.32 Å². The SMILES string of the molecule is COc1ccc([C@H]2COC(=O)N2)c(OC)c1OC. The van der Waals surface area contributed by atoms with E-state index in [1.807, 2.05) is 6.07 Å². The van der Waals surface area contributed by atoms with E-state index in [1.165, 1.54) is 7.11 Å². The molecule has 1 aliphatic heterocycles. The Kier molecular flexibility index (Phi) is 3.45. The minimum Gasteiger partial charge on any atom is -0.493 e. The van der Waals surface area contributed by atoms with Gasteiger partial charge in [0.1, 0.15) is 6.61 Å². The zero-order valence-corrected chi connectivity index (χ0v) is 10.5. The maximum absolute atomic E-state index is 11.1. The van der Waals surface area contributed by atoms with E-state index in [0.29, 0.717) is 17.2 Å². The van der Waals surface area contributed by atoms with Crippen molar-refractivity contribution in [1.29, 1.82) is 0 Å². The van der Waals surface area contributed by atoms with Crippen molar-refractivity contribution >= 4 is 6.09 Å². The van der Waals surface area contributed by atoms with Gasteiger partial charge in [0.05, 0.1) is 27.4 Å². The van der Waals surface area contributed by atoms with Crippen molar-refractivity contribution in [1.82, 2.24) is 5.32 Å². The molecule has 0 bridgehead atoms. The van der Waals surface area contributed by atoms with E-state index in [9.17, 15) is 4.79 Å². The lowest BCUT2D eigenvalue weighted by molar-refractivity contribution is 0.176. The van der Waals surface area contributed by atoms with Gasteiger partial charge in [0.15, 0.2) is 11.5 Å². The molecule has 1 aromatic carbocycles. The maximum atomic E-state index is 11.1. The number of rotatable bonds is 4. The smallest absolute Gasteiger partial charge is 0.407 e. The highest BCUT2D eigenvalue weighted by Crippen LogP contribution is 2.42. The van der Waals surface area contributed by atoms with Crippen LogP contribution in [0.1, 0.15) is 11.6 Å². The fraction of sp³-hybridized carbons (Fsp3) is 0.417. The van der Waals surface area contributed by atoms with Crippen LogP contribution in [-0.4, -0.2) is 34.0 Å². The predicted octanol–water partition coefficient (Wildman–Crippen LogP) is 1.49. The summed E-state index contributed by atoms with van der Waals surface area (Å²) in [4.78, 5) is 11.1. The van der Waals surface area contributed by atoms with E-state index >= 15 is 0 Å². The summed E-state index contributed by atoms with van der Waals surface area (Å²) < 4.78 is 20.7. The molecule has 0 aliphatic carbocycles. The molecule has 1 atom stereocenters. The third-order valence-corrected chi connectivity index (χ3v) is 2.78. The Labute approximate surface area is 105 Å². The van der Waals surface area contributed by atoms with Crippen LogP contribution in [0.25, 0.3) is 0 Å². The van der Waals surface area contributed by atoms with Gasteiger partial charge in [0, 0.05) is 5.56 Å². The Balaban J connectivity index is 2.44. The van der Waals surface area contributed by atoms with Gasteiger partial charge in [-0.25, -0.2) is 4.79 Å². The number of amides is 1. The van der Waals surface area contributed by atoms with Gasteiger partial charge in [-0.1, -0.05) is 0 Å². The lowest BCUT2D eigenvalue weighted by atomic mass is 10.1. The van der Waals surface area contributed by atoms with Crippen molar-refractivity contribution in [3.05, 3.63) is 17.7 Å². The number of ether oxygens (including phenoxy) is 4. The monoisotopic (exact) mass is 253 g/mol. The molecule has 1 aromatic rings. The zero-order valence-electron chi connectivity index (χ0n) is 10.5. The van der Waals surface area contributed by atoms with Gasteiger partial charge in [0.25, 0.3) is 0 Å². The number of nitrogens with one attached hydrogen (secondary N) is 1. The third-order valence-electron chi connectivity index (χ3n) is 2.78. The predicted molar refractivity (Wildman–Crippen MR) is 63.3 cm³/mol. The van der Waals surface area contributed by atoms with Crippen LogP contribution in [0.15, 0.2) is 12.1 Å². The van der Waals surface area contributed by atoms with Crippen molar-refractivity contribution in [3.63, 3.8) is 0 Å². The van der Waals surface area contributed by atoms with Crippen molar-refractivity contribution in [2.75, 3.05) is 27.9 Å². The van der Waals surface area contributed by atoms with Gasteiger partial charge in [-0.3, -0.25) is 0 Å². The molecule has 0 spiro atoms. The van der Waals surface area contributed by atoms with Crippen LogP contribution in [0, 0.1) is 0 Å². The van der Waals surface area contributed by atoms with E-state index in [4.69, 9.17) is 18.9 Å². The molecule has 1 N–H and O–H groups in total. The van der Waals surface area contributed by atoms with Gasteiger partial charge in [-0.05, 0) is 12.1 Å². The quantitative estimate of drug-likeness (QED) is 0.880. The van der Waals surface area contributed by atoms with Crippen molar-refractivity contribution < 1.29 is 23.7 Å². The average molecular weight is 253 g/mol. The highest BCUT2D eigenvalue weighted by atomic mass is 16.6. The highest BCUT2D eigenvalue weighted by molar-refractivity contribution is 5.71. The van der Waals surface area contributed by atoms with Crippen LogP contribution in [0.4, 0.5) is 4.79 Å². The van der Waals surface area contributed by atoms with Crippen LogP contribution in [0.5, 0.6) is 17.2 Å². The van der Waals surface area contributed by atoms with E-state index in [-0.39, 0.29) is 12.6 Å². The van der Waals surface area contributed by atoms with Gasteiger partial charge in [-0.2, -0.15) is 0 Å². The van der Waals surface area contributed by atoms with Gasteiger partial charge < -0.3 is 24.3 Å². The summed E-state index contributed by atoms with van der Waals surface area (Å²) in [5.41, 5.74) is 0.793. The molecule has 1 heterocycles. The number of benzene rings is 1. The zero-order chi connectivity index (χ0) is 13.1. The second-order valence-electron chi connectivity index (χ2n) is 3.72. The van der Waals surface area contributed by atoms with E-state index < -0.39 is 6.09 Å². The topological polar surface area (TPSA) is 66.0 Å². The Morgan fingerprint density at radius 1 is 1.17 bits per heavy atom. The summed E-state index contributed by atoms with van der Waals surface area (Å²) in [6.45, 7) is 0.269. The first-order valence-electron chi connectivity index (χ1n) is 5.43. The summed E-state index contributed by atoms with van der Waals surface area (Å²) in [5, 5.41) is 2.70. The molecule has 6 heteroatoms. The number of carbonyl (C=O) groups is 1. The number of hydrogen-bond acceptors (Lipinski definition) is 5. The molecule has 1 amide bonds. The molecule has 1 aliphatic rings. The summed E-state index contributed by atoms with van der Waals surface area (Å²) in [5.74, 6) is 1.61. The van der Waals surface area contributed by atoms with Crippen LogP contribution < -0.4 is 19.5 Å². The van der Waals surface area contributed by atoms with Crippen LogP contribution in [0.3, 0.4) is 0 Å². The van der Waals surface area contributed by atoms with Crippen molar-refractivity contribution in [2.24, 2.45) is 0 Å². The molecular formula is C12H15NO5. The molecule has 0 aromatic heterocycles. The first-order chi connectivity index (χ1) is 8.71. The van der Waals surface area contributed by atoms with Gasteiger partial charge >= 0.3 is 6.09 Å². The average Bonchev–Trinajstić information content (AvgIpc) is 2.83. The molecule has 1 fully saturated rings. The Morgan fingerprint density at radius 2 is 1.89 bits per heavy atom. The summed E-state index contributed by atoms with van der Waals surface area (Å²) in [6.07, 6.45) is -0.433. The first-order valence-corrected chi connectivity index (χ1v) is 5.43. The van der Waals surface area contributed by atoms with Crippen LogP contribution >= 0.6 is 0 Å². The number of cyclic esters (lactones) is 1. The summed E-state index contributed by atoms with van der Waals surface area (Å²) in [7, 11) is 4.63. The van der Waals surface area contributed by atoms with Crippen molar-refractivity contribution in [3.8, 4) is 17.2 Å². The molecule has 1 saturated heterocycles. The Hall–Kier alpha value is -2.11. The molecule has 18 heavy (non-hydrogen) atoms. The number of methoxy groups -OCH3 is 3. The van der Waals surface area contributed by atoms with Gasteiger partial charge in [-0.15, -0.1) is 0 Å². The third kappa shape index (κ3) is 2.01. The molecule has 2 rings (SSSR count). The molecule has 0 radical (unpaired) electrons. The highest BCUT2D eigenvalue weighted by Gasteiger charge is 2.29. The minimum absolute atomic E-state index is 0.243. The summed E-state index contributed by atoms with van der Waals surface area (Å²) in [6, 6.07) is 3.34. The molecule has 0 unspecified atom stereocenters. The normalized spacial score (nSPS) is 17.9. The fourth-order valence-corrected chi connectivity index (χ4v) is 1.95. The molecule has 6 nitrogen and oxygen atoms in total. The standard InChI is InChI=1S/C12H15NO5/c1-15-9-5-4-7(8-6-18-12(14)13-8)10(16-2)11(9)17-3/h4-5,8H,6H2,1-3H3,(H,13,14)/t8-/m1/s1. The first kappa shape index (κ1) is 12.3. The number of hydrogen-bond donors (Lipinski definition) is 1. The largest absolute Gasteiger partial charge is 0.493 e. The number of carbonyl (C=O) groups excluding carboxylic acids is 1. The second-order valence-corrected chi connectivity index (χ2v) is 3.72. The van der Waals surface area contributed by atoms with Crippen LogP contribution in [0.2, 0.25) is 0 Å². The van der Waals surface area contributed by atoms with E-state index in [0.717, 1.165) is 5.56 Å². The van der Waals surface area contributed by atoms with Gasteiger partial charge in [0.2, 0.25) is 5.75 Å². The summed E-state index contributed by atoms with van der Waals surface area (Å²) >= 11 is 0. The second kappa shape index (κ2) is 5.03. The van der Waals surface area contributed by atoms with Crippen LogP contribution in [-0.2, 0) is 4.74 Å². The molecular weight excluding hydrogens is 238 g/mol. The lowest BCUT2D eigenvalue weighted by Gasteiger charge is -2.18. The fourth-order valence-electron chi connectivity index (χ4n) is 1.95. The lowest BCUT2D eigenvalue weighted by Crippen LogP contribution is -2.19. The maximum Gasteiger partial charge on any atom is 0.407 e. The number of alkyl carbamates (subject to hydrolysis) is 1. The minimum atomic E-state index is -0.433. The Morgan fingerprint density at radius 3 is 2.39 bits per heavy atom. The van der Waals surface area contributed by atoms with Crippen molar-refractivity contribution in [2.45, 2.75) is 6.04 Å². The van der Waals surface area contributed by atoms with E-state index in [1.54, 1.807) is 20.3 Å². The Bertz CT molecular complexity index is 460. The molecule has 0 saturated carbocycles.